The summed E-state index contributed by atoms with van der Waals surface area (Å²) in [5.74, 6) is 0.784. The number of rotatable bonds is 4. The molecule has 0 fully saturated rings. The second-order valence-electron chi connectivity index (χ2n) is 6.28. The van der Waals surface area contributed by atoms with Gasteiger partial charge in [-0.3, -0.25) is 10.1 Å². The van der Waals surface area contributed by atoms with Crippen LogP contribution >= 0.6 is 11.6 Å². The molecule has 0 bridgehead atoms. The van der Waals surface area contributed by atoms with Crippen molar-refractivity contribution in [3.05, 3.63) is 72.6 Å². The Morgan fingerprint density at radius 2 is 2.07 bits per heavy atom. The number of ether oxygens (including phenoxy) is 3. The summed E-state index contributed by atoms with van der Waals surface area (Å²) in [5.41, 5.74) is 1.59. The second kappa shape index (κ2) is 7.14. The average molecular weight is 404 g/mol. The first-order valence-corrected chi connectivity index (χ1v) is 8.67. The number of hydrogen-bond acceptors (Lipinski definition) is 7. The second-order valence-corrected chi connectivity index (χ2v) is 6.68. The summed E-state index contributed by atoms with van der Waals surface area (Å²) in [6.45, 7) is 2.03. The molecular weight excluding hydrogens is 390 g/mol. The van der Waals surface area contributed by atoms with Crippen molar-refractivity contribution in [2.24, 2.45) is 0 Å². The van der Waals surface area contributed by atoms with Crippen molar-refractivity contribution >= 4 is 28.3 Å². The van der Waals surface area contributed by atoms with Gasteiger partial charge in [-0.1, -0.05) is 11.6 Å². The molecule has 0 saturated heterocycles. The molecule has 144 valence electrons. The molecule has 0 aliphatic carbocycles. The molecule has 0 unspecified atom stereocenters. The Bertz CT molecular complexity index is 1160. The Morgan fingerprint density at radius 3 is 2.86 bits per heavy atom. The van der Waals surface area contributed by atoms with Gasteiger partial charge in [-0.15, -0.1) is 0 Å². The van der Waals surface area contributed by atoms with Crippen LogP contribution in [0, 0.1) is 17.0 Å². The summed E-state index contributed by atoms with van der Waals surface area (Å²) in [6.07, 6.45) is 0. The van der Waals surface area contributed by atoms with Gasteiger partial charge in [-0.2, -0.15) is 0 Å². The SMILES string of the molecule is Cc1cc(=O)oc2cc(OCc3cc([N+](=O)[O-])cc4c3OCOC4)c(Cl)cc12. The van der Waals surface area contributed by atoms with Crippen LogP contribution < -0.4 is 15.1 Å². The maximum atomic E-state index is 11.6. The van der Waals surface area contributed by atoms with Gasteiger partial charge in [-0.05, 0) is 18.6 Å². The number of non-ortho nitro benzene ring substituents is 1. The summed E-state index contributed by atoms with van der Waals surface area (Å²) >= 11 is 6.30. The maximum absolute atomic E-state index is 11.6. The van der Waals surface area contributed by atoms with Crippen molar-refractivity contribution in [2.75, 3.05) is 6.79 Å². The number of halogens is 1. The van der Waals surface area contributed by atoms with Crippen LogP contribution in [0.2, 0.25) is 5.02 Å². The zero-order valence-electron chi connectivity index (χ0n) is 14.7. The molecule has 0 saturated carbocycles. The standard InChI is InChI=1S/C19H14ClNO7/c1-10-2-18(22)28-16-6-17(15(20)5-14(10)16)26-8-12-4-13(21(23)24)3-11-7-25-9-27-19(11)12/h2-6H,7-9H2,1H3. The molecule has 28 heavy (non-hydrogen) atoms. The zero-order chi connectivity index (χ0) is 19.8. The van der Waals surface area contributed by atoms with Crippen LogP contribution in [0.5, 0.6) is 11.5 Å². The third-order valence-electron chi connectivity index (χ3n) is 4.37. The fourth-order valence-corrected chi connectivity index (χ4v) is 3.30. The van der Waals surface area contributed by atoms with E-state index in [2.05, 4.69) is 0 Å². The summed E-state index contributed by atoms with van der Waals surface area (Å²) in [4.78, 5) is 22.3. The highest BCUT2D eigenvalue weighted by Crippen LogP contribution is 2.35. The molecule has 2 heterocycles. The van der Waals surface area contributed by atoms with E-state index in [9.17, 15) is 14.9 Å². The first-order valence-electron chi connectivity index (χ1n) is 8.30. The van der Waals surface area contributed by atoms with Crippen molar-refractivity contribution in [3.8, 4) is 11.5 Å². The zero-order valence-corrected chi connectivity index (χ0v) is 15.4. The van der Waals surface area contributed by atoms with Crippen LogP contribution in [0.25, 0.3) is 11.0 Å². The number of hydrogen-bond donors (Lipinski definition) is 0. The highest BCUT2D eigenvalue weighted by molar-refractivity contribution is 6.32. The predicted octanol–water partition coefficient (Wildman–Crippen LogP) is 4.11. The predicted molar refractivity (Wildman–Crippen MR) is 99.9 cm³/mol. The normalized spacial score (nSPS) is 13.1. The first-order chi connectivity index (χ1) is 13.4. The number of nitro groups is 1. The fraction of sp³-hybridized carbons (Fsp3) is 0.211. The molecule has 2 aromatic carbocycles. The molecule has 1 aliphatic heterocycles. The van der Waals surface area contributed by atoms with Crippen molar-refractivity contribution in [1.29, 1.82) is 0 Å². The monoisotopic (exact) mass is 403 g/mol. The Kier molecular flexibility index (Phi) is 4.66. The molecule has 8 nitrogen and oxygen atoms in total. The molecule has 0 N–H and O–H groups in total. The van der Waals surface area contributed by atoms with Crippen LogP contribution in [-0.2, 0) is 18.0 Å². The van der Waals surface area contributed by atoms with Gasteiger partial charge in [0.25, 0.3) is 5.69 Å². The molecule has 3 aromatic rings. The lowest BCUT2D eigenvalue weighted by atomic mass is 10.1. The highest BCUT2D eigenvalue weighted by atomic mass is 35.5. The van der Waals surface area contributed by atoms with Gasteiger partial charge >= 0.3 is 5.63 Å². The van der Waals surface area contributed by atoms with Crippen LogP contribution in [0.4, 0.5) is 5.69 Å². The van der Waals surface area contributed by atoms with E-state index in [1.807, 2.05) is 0 Å². The summed E-state index contributed by atoms with van der Waals surface area (Å²) in [6, 6.07) is 7.37. The molecule has 4 rings (SSSR count). The van der Waals surface area contributed by atoms with Gasteiger partial charge in [0.05, 0.1) is 16.6 Å². The first kappa shape index (κ1) is 18.3. The maximum Gasteiger partial charge on any atom is 0.336 e. The summed E-state index contributed by atoms with van der Waals surface area (Å²) < 4.78 is 21.7. The molecular formula is C19H14ClNO7. The summed E-state index contributed by atoms with van der Waals surface area (Å²) in [5, 5.41) is 12.2. The lowest BCUT2D eigenvalue weighted by molar-refractivity contribution is -0.385. The Balaban J connectivity index is 1.69. The van der Waals surface area contributed by atoms with Crippen molar-refractivity contribution in [2.45, 2.75) is 20.1 Å². The number of aryl methyl sites for hydroxylation is 1. The van der Waals surface area contributed by atoms with Gasteiger partial charge in [0.15, 0.2) is 6.79 Å². The third kappa shape index (κ3) is 3.39. The van der Waals surface area contributed by atoms with Crippen LogP contribution in [0.3, 0.4) is 0 Å². The minimum Gasteiger partial charge on any atom is -0.487 e. The van der Waals surface area contributed by atoms with E-state index in [0.29, 0.717) is 32.9 Å². The van der Waals surface area contributed by atoms with E-state index < -0.39 is 10.5 Å². The van der Waals surface area contributed by atoms with Crippen molar-refractivity contribution in [1.82, 2.24) is 0 Å². The lowest BCUT2D eigenvalue weighted by Gasteiger charge is -2.20. The van der Waals surface area contributed by atoms with E-state index in [-0.39, 0.29) is 31.4 Å². The minimum absolute atomic E-state index is 0.0225. The van der Waals surface area contributed by atoms with E-state index in [1.54, 1.807) is 13.0 Å². The van der Waals surface area contributed by atoms with Gasteiger partial charge in [-0.25, -0.2) is 4.79 Å². The van der Waals surface area contributed by atoms with E-state index in [1.165, 1.54) is 24.3 Å². The van der Waals surface area contributed by atoms with Gasteiger partial charge in [0, 0.05) is 40.8 Å². The molecule has 1 aliphatic rings. The van der Waals surface area contributed by atoms with Crippen LogP contribution in [0.1, 0.15) is 16.7 Å². The molecule has 9 heteroatoms. The van der Waals surface area contributed by atoms with E-state index in [0.717, 1.165) is 5.56 Å². The fourth-order valence-electron chi connectivity index (χ4n) is 3.08. The van der Waals surface area contributed by atoms with Gasteiger partial charge in [0.1, 0.15) is 23.7 Å². The average Bonchev–Trinajstić information content (AvgIpc) is 2.66. The molecule has 0 radical (unpaired) electrons. The molecule has 0 atom stereocenters. The minimum atomic E-state index is -0.487. The number of nitro benzene ring substituents is 1. The number of nitrogens with zero attached hydrogens (tertiary/aromatic N) is 1. The number of benzene rings is 2. The largest absolute Gasteiger partial charge is 0.487 e. The Labute approximate surface area is 163 Å². The Morgan fingerprint density at radius 1 is 1.25 bits per heavy atom. The van der Waals surface area contributed by atoms with E-state index in [4.69, 9.17) is 30.2 Å². The third-order valence-corrected chi connectivity index (χ3v) is 4.66. The highest BCUT2D eigenvalue weighted by Gasteiger charge is 2.21. The number of fused-ring (bicyclic) bond motifs is 2. The topological polar surface area (TPSA) is 101 Å². The van der Waals surface area contributed by atoms with Gasteiger partial charge in [0.2, 0.25) is 0 Å². The summed E-state index contributed by atoms with van der Waals surface area (Å²) in [7, 11) is 0. The van der Waals surface area contributed by atoms with Crippen molar-refractivity contribution < 1.29 is 23.6 Å². The molecule has 0 spiro atoms. The molecule has 1 aromatic heterocycles. The van der Waals surface area contributed by atoms with E-state index >= 15 is 0 Å². The Hall–Kier alpha value is -3.10. The quantitative estimate of drug-likeness (QED) is 0.367. The molecule has 0 amide bonds. The van der Waals surface area contributed by atoms with Crippen LogP contribution in [0.15, 0.2) is 39.5 Å². The van der Waals surface area contributed by atoms with Gasteiger partial charge < -0.3 is 18.6 Å². The smallest absolute Gasteiger partial charge is 0.336 e. The van der Waals surface area contributed by atoms with Crippen LogP contribution in [-0.4, -0.2) is 11.7 Å². The lowest BCUT2D eigenvalue weighted by Crippen LogP contribution is -2.14. The van der Waals surface area contributed by atoms with Crippen molar-refractivity contribution in [3.63, 3.8) is 0 Å².